The van der Waals surface area contributed by atoms with Crippen LogP contribution >= 0.6 is 11.3 Å². The van der Waals surface area contributed by atoms with Crippen molar-refractivity contribution in [2.45, 2.75) is 32.8 Å². The molecule has 21 heavy (non-hydrogen) atoms. The maximum Gasteiger partial charge on any atom is 0.347 e. The number of carbonyl (C=O) groups is 1. The molecule has 0 radical (unpaired) electrons. The van der Waals surface area contributed by atoms with Crippen LogP contribution in [0.1, 0.15) is 52.3 Å². The van der Waals surface area contributed by atoms with Crippen molar-refractivity contribution in [1.29, 1.82) is 0 Å². The molecule has 112 valence electrons. The van der Waals surface area contributed by atoms with E-state index in [1.807, 2.05) is 44.2 Å². The Bertz CT molecular complexity index is 595. The first kappa shape index (κ1) is 15.7. The second-order valence-electron chi connectivity index (χ2n) is 4.63. The van der Waals surface area contributed by atoms with Gasteiger partial charge < -0.3 is 9.84 Å². The van der Waals surface area contributed by atoms with Crippen molar-refractivity contribution in [1.82, 2.24) is 4.98 Å². The summed E-state index contributed by atoms with van der Waals surface area (Å²) >= 11 is 1.21. The van der Waals surface area contributed by atoms with E-state index in [0.717, 1.165) is 12.0 Å². The van der Waals surface area contributed by atoms with Gasteiger partial charge in [-0.25, -0.2) is 9.78 Å². The molecule has 0 fully saturated rings. The van der Waals surface area contributed by atoms with Crippen LogP contribution in [-0.4, -0.2) is 22.7 Å². The molecule has 0 amide bonds. The largest absolute Gasteiger partial charge is 0.477 e. The van der Waals surface area contributed by atoms with Gasteiger partial charge in [0.05, 0.1) is 5.69 Å². The zero-order valence-electron chi connectivity index (χ0n) is 12.2. The fraction of sp³-hybridized carbons (Fsp3) is 0.375. The summed E-state index contributed by atoms with van der Waals surface area (Å²) in [6, 6.07) is 9.78. The molecular weight excluding hydrogens is 286 g/mol. The van der Waals surface area contributed by atoms with Gasteiger partial charge >= 0.3 is 5.97 Å². The van der Waals surface area contributed by atoms with Gasteiger partial charge in [0.15, 0.2) is 0 Å². The van der Waals surface area contributed by atoms with Gasteiger partial charge in [-0.1, -0.05) is 43.7 Å². The maximum atomic E-state index is 11.4. The van der Waals surface area contributed by atoms with Gasteiger partial charge in [-0.2, -0.15) is 0 Å². The van der Waals surface area contributed by atoms with Crippen molar-refractivity contribution in [2.75, 3.05) is 6.61 Å². The second kappa shape index (κ2) is 7.33. The van der Waals surface area contributed by atoms with E-state index in [2.05, 4.69) is 4.98 Å². The average Bonchev–Trinajstić information content (AvgIpc) is 2.90. The molecule has 1 aromatic heterocycles. The van der Waals surface area contributed by atoms with E-state index >= 15 is 0 Å². The van der Waals surface area contributed by atoms with E-state index in [9.17, 15) is 9.90 Å². The molecule has 1 aromatic carbocycles. The lowest BCUT2D eigenvalue weighted by molar-refractivity contribution is 0.0700. The Morgan fingerprint density at radius 2 is 2.05 bits per heavy atom. The monoisotopic (exact) mass is 305 g/mol. The van der Waals surface area contributed by atoms with Crippen LogP contribution in [0.2, 0.25) is 0 Å². The van der Waals surface area contributed by atoms with E-state index in [1.54, 1.807) is 0 Å². The molecule has 0 saturated heterocycles. The normalized spacial score (nSPS) is 12.3. The molecule has 0 aliphatic rings. The Kier molecular flexibility index (Phi) is 5.47. The topological polar surface area (TPSA) is 59.4 Å². The number of aryl methyl sites for hydroxylation is 1. The minimum atomic E-state index is -0.912. The highest BCUT2D eigenvalue weighted by Gasteiger charge is 2.23. The predicted octanol–water partition coefficient (Wildman–Crippen LogP) is 3.92. The van der Waals surface area contributed by atoms with Crippen LogP contribution in [0.3, 0.4) is 0 Å². The van der Waals surface area contributed by atoms with Crippen molar-refractivity contribution < 1.29 is 14.6 Å². The summed E-state index contributed by atoms with van der Waals surface area (Å²) < 4.78 is 5.80. The third kappa shape index (κ3) is 3.68. The lowest BCUT2D eigenvalue weighted by atomic mass is 10.1. The molecule has 0 aliphatic carbocycles. The highest BCUT2D eigenvalue weighted by atomic mass is 32.1. The minimum absolute atomic E-state index is 0.301. The molecule has 1 heterocycles. The SMILES string of the molecule is CCCc1nc(C(OCC)c2ccccc2)sc1C(=O)O. The average molecular weight is 305 g/mol. The summed E-state index contributed by atoms with van der Waals surface area (Å²) in [5, 5.41) is 10.0. The summed E-state index contributed by atoms with van der Waals surface area (Å²) in [7, 11) is 0. The highest BCUT2D eigenvalue weighted by molar-refractivity contribution is 7.13. The zero-order valence-corrected chi connectivity index (χ0v) is 13.0. The Morgan fingerprint density at radius 1 is 1.33 bits per heavy atom. The van der Waals surface area contributed by atoms with Crippen molar-refractivity contribution >= 4 is 17.3 Å². The molecule has 4 nitrogen and oxygen atoms in total. The number of aromatic nitrogens is 1. The second-order valence-corrected chi connectivity index (χ2v) is 5.66. The predicted molar refractivity (Wildman–Crippen MR) is 83.0 cm³/mol. The Hall–Kier alpha value is -1.72. The highest BCUT2D eigenvalue weighted by Crippen LogP contribution is 2.31. The number of nitrogens with zero attached hydrogens (tertiary/aromatic N) is 1. The van der Waals surface area contributed by atoms with Crippen LogP contribution in [0.5, 0.6) is 0 Å². The first-order chi connectivity index (χ1) is 10.2. The maximum absolute atomic E-state index is 11.4. The molecular formula is C16H19NO3S. The standard InChI is InChI=1S/C16H19NO3S/c1-3-8-12-14(16(18)19)21-15(17-12)13(20-4-2)11-9-6-5-7-10-11/h5-7,9-10,13H,3-4,8H2,1-2H3,(H,18,19). The van der Waals surface area contributed by atoms with Gasteiger partial charge in [-0.05, 0) is 18.9 Å². The van der Waals surface area contributed by atoms with Crippen LogP contribution < -0.4 is 0 Å². The Labute approximate surface area is 128 Å². The van der Waals surface area contributed by atoms with Crippen LogP contribution in [0.4, 0.5) is 0 Å². The zero-order chi connectivity index (χ0) is 15.2. The van der Waals surface area contributed by atoms with E-state index in [1.165, 1.54) is 11.3 Å². The molecule has 1 atom stereocenters. The minimum Gasteiger partial charge on any atom is -0.477 e. The number of ether oxygens (including phenoxy) is 1. The lowest BCUT2D eigenvalue weighted by Gasteiger charge is -2.14. The van der Waals surface area contributed by atoms with E-state index in [0.29, 0.717) is 28.6 Å². The number of benzene rings is 1. The molecule has 1 unspecified atom stereocenters. The summed E-state index contributed by atoms with van der Waals surface area (Å²) in [6.45, 7) is 4.49. The number of rotatable bonds is 7. The fourth-order valence-corrected chi connectivity index (χ4v) is 3.19. The van der Waals surface area contributed by atoms with Crippen LogP contribution in [-0.2, 0) is 11.2 Å². The molecule has 0 spiro atoms. The summed E-state index contributed by atoms with van der Waals surface area (Å²) in [6.07, 6.45) is 1.24. The van der Waals surface area contributed by atoms with Crippen LogP contribution in [0, 0.1) is 0 Å². The fourth-order valence-electron chi connectivity index (χ4n) is 2.16. The molecule has 2 rings (SSSR count). The van der Waals surface area contributed by atoms with Gasteiger partial charge in [0, 0.05) is 6.61 Å². The van der Waals surface area contributed by atoms with Crippen molar-refractivity contribution in [2.24, 2.45) is 0 Å². The summed E-state index contributed by atoms with van der Waals surface area (Å²) in [5.41, 5.74) is 1.65. The summed E-state index contributed by atoms with van der Waals surface area (Å²) in [4.78, 5) is 16.2. The first-order valence-electron chi connectivity index (χ1n) is 7.06. The number of hydrogen-bond donors (Lipinski definition) is 1. The number of carboxylic acids is 1. The van der Waals surface area contributed by atoms with Crippen molar-refractivity contribution in [3.63, 3.8) is 0 Å². The van der Waals surface area contributed by atoms with Gasteiger partial charge in [-0.15, -0.1) is 11.3 Å². The first-order valence-corrected chi connectivity index (χ1v) is 7.88. The van der Waals surface area contributed by atoms with Crippen molar-refractivity contribution in [3.8, 4) is 0 Å². The number of carboxylic acid groups (broad SMARTS) is 1. The van der Waals surface area contributed by atoms with E-state index < -0.39 is 5.97 Å². The third-order valence-electron chi connectivity index (χ3n) is 3.05. The van der Waals surface area contributed by atoms with Crippen LogP contribution in [0.15, 0.2) is 30.3 Å². The third-order valence-corrected chi connectivity index (χ3v) is 4.18. The van der Waals surface area contributed by atoms with Gasteiger partial charge in [0.25, 0.3) is 0 Å². The number of thiazole rings is 1. The lowest BCUT2D eigenvalue weighted by Crippen LogP contribution is -2.06. The quantitative estimate of drug-likeness (QED) is 0.842. The van der Waals surface area contributed by atoms with Gasteiger partial charge in [-0.3, -0.25) is 0 Å². The molecule has 5 heteroatoms. The van der Waals surface area contributed by atoms with Crippen LogP contribution in [0.25, 0.3) is 0 Å². The number of hydrogen-bond acceptors (Lipinski definition) is 4. The molecule has 2 aromatic rings. The molecule has 0 aliphatic heterocycles. The smallest absolute Gasteiger partial charge is 0.347 e. The van der Waals surface area contributed by atoms with Gasteiger partial charge in [0.2, 0.25) is 0 Å². The molecule has 0 bridgehead atoms. The van der Waals surface area contributed by atoms with E-state index in [-0.39, 0.29) is 6.10 Å². The molecule has 1 N–H and O–H groups in total. The Balaban J connectivity index is 2.41. The number of aromatic carboxylic acids is 1. The van der Waals surface area contributed by atoms with Crippen molar-refractivity contribution in [3.05, 3.63) is 51.5 Å². The Morgan fingerprint density at radius 3 is 2.62 bits per heavy atom. The van der Waals surface area contributed by atoms with Gasteiger partial charge in [0.1, 0.15) is 16.0 Å². The summed E-state index contributed by atoms with van der Waals surface area (Å²) in [5.74, 6) is -0.912. The van der Waals surface area contributed by atoms with E-state index in [4.69, 9.17) is 4.74 Å². The molecule has 0 saturated carbocycles.